The van der Waals surface area contributed by atoms with Crippen LogP contribution < -0.4 is 9.47 Å². The van der Waals surface area contributed by atoms with Gasteiger partial charge in [-0.05, 0) is 73.9 Å². The van der Waals surface area contributed by atoms with E-state index in [1.165, 1.54) is 16.5 Å². The number of benzene rings is 2. The summed E-state index contributed by atoms with van der Waals surface area (Å²) in [6.07, 6.45) is 10.3. The number of rotatable bonds is 3. The standard InChI is InChI=1S/C28H28N2O3/c1-18-6-8-19(9-7-18)10-13-26(31)30-15-14-22-21-4-2-3-5-23(21)29-27(22)28(30)20-11-12-24-25(16-20)33-17-32-24/h2-6,10-13,16,19,28-29H,7-9,14-15,17H2,1H3. The summed E-state index contributed by atoms with van der Waals surface area (Å²) in [6.45, 7) is 3.11. The first-order valence-corrected chi connectivity index (χ1v) is 11.8. The molecule has 2 aliphatic heterocycles. The van der Waals surface area contributed by atoms with Crippen molar-refractivity contribution in [3.05, 3.63) is 83.1 Å². The van der Waals surface area contributed by atoms with Crippen molar-refractivity contribution in [3.8, 4) is 11.5 Å². The van der Waals surface area contributed by atoms with Crippen molar-refractivity contribution in [1.29, 1.82) is 0 Å². The molecule has 0 spiro atoms. The molecule has 0 fully saturated rings. The Morgan fingerprint density at radius 2 is 2.00 bits per heavy atom. The number of amides is 1. The molecule has 2 aromatic carbocycles. The molecule has 5 nitrogen and oxygen atoms in total. The zero-order chi connectivity index (χ0) is 22.4. The molecule has 1 N–H and O–H groups in total. The van der Waals surface area contributed by atoms with Gasteiger partial charge in [0.25, 0.3) is 0 Å². The second-order valence-corrected chi connectivity index (χ2v) is 9.30. The molecule has 3 heterocycles. The van der Waals surface area contributed by atoms with Crippen LogP contribution in [-0.4, -0.2) is 29.1 Å². The Labute approximate surface area is 193 Å². The van der Waals surface area contributed by atoms with Crippen LogP contribution >= 0.6 is 0 Å². The van der Waals surface area contributed by atoms with E-state index in [1.807, 2.05) is 23.1 Å². The van der Waals surface area contributed by atoms with Gasteiger partial charge in [-0.1, -0.05) is 42.0 Å². The molecule has 0 radical (unpaired) electrons. The van der Waals surface area contributed by atoms with Gasteiger partial charge >= 0.3 is 0 Å². The molecule has 1 aromatic heterocycles. The fourth-order valence-electron chi connectivity index (χ4n) is 5.38. The summed E-state index contributed by atoms with van der Waals surface area (Å²) >= 11 is 0. The van der Waals surface area contributed by atoms with Crippen LogP contribution in [0.15, 0.2) is 66.3 Å². The molecule has 3 aliphatic rings. The molecule has 0 saturated heterocycles. The number of aromatic nitrogens is 1. The second-order valence-electron chi connectivity index (χ2n) is 9.30. The monoisotopic (exact) mass is 440 g/mol. The lowest BCUT2D eigenvalue weighted by molar-refractivity contribution is -0.128. The van der Waals surface area contributed by atoms with Crippen molar-refractivity contribution >= 4 is 16.8 Å². The molecule has 5 heteroatoms. The van der Waals surface area contributed by atoms with Crippen LogP contribution in [0.2, 0.25) is 0 Å². The van der Waals surface area contributed by atoms with Crippen LogP contribution in [0.4, 0.5) is 0 Å². The van der Waals surface area contributed by atoms with Crippen LogP contribution in [-0.2, 0) is 11.2 Å². The maximum atomic E-state index is 13.5. The van der Waals surface area contributed by atoms with Crippen LogP contribution in [0.3, 0.4) is 0 Å². The average molecular weight is 441 g/mol. The third kappa shape index (κ3) is 3.62. The molecule has 0 bridgehead atoms. The highest BCUT2D eigenvalue weighted by Gasteiger charge is 2.34. The van der Waals surface area contributed by atoms with E-state index in [1.54, 1.807) is 6.08 Å². The Morgan fingerprint density at radius 1 is 1.12 bits per heavy atom. The Morgan fingerprint density at radius 3 is 2.88 bits per heavy atom. The third-order valence-electron chi connectivity index (χ3n) is 7.22. The van der Waals surface area contributed by atoms with Crippen molar-refractivity contribution < 1.29 is 14.3 Å². The van der Waals surface area contributed by atoms with Crippen LogP contribution in [0, 0.1) is 5.92 Å². The van der Waals surface area contributed by atoms with E-state index in [4.69, 9.17) is 9.47 Å². The number of hydrogen-bond donors (Lipinski definition) is 1. The second kappa shape index (κ2) is 8.14. The van der Waals surface area contributed by atoms with Crippen LogP contribution in [0.25, 0.3) is 10.9 Å². The molecule has 6 rings (SSSR count). The van der Waals surface area contributed by atoms with E-state index < -0.39 is 0 Å². The van der Waals surface area contributed by atoms with E-state index in [2.05, 4.69) is 48.3 Å². The number of H-pyrrole nitrogens is 1. The molecule has 33 heavy (non-hydrogen) atoms. The summed E-state index contributed by atoms with van der Waals surface area (Å²) in [5.41, 5.74) is 6.00. The molecule has 1 aliphatic carbocycles. The molecule has 3 aromatic rings. The van der Waals surface area contributed by atoms with Crippen molar-refractivity contribution in [3.63, 3.8) is 0 Å². The van der Waals surface area contributed by atoms with Gasteiger partial charge in [0.2, 0.25) is 12.7 Å². The Kier molecular flexibility index (Phi) is 4.97. The highest BCUT2D eigenvalue weighted by Crippen LogP contribution is 2.42. The molecular weight excluding hydrogens is 412 g/mol. The normalized spacial score (nSPS) is 22.0. The van der Waals surface area contributed by atoms with Crippen molar-refractivity contribution in [2.75, 3.05) is 13.3 Å². The number of aromatic amines is 1. The molecule has 168 valence electrons. The van der Waals surface area contributed by atoms with E-state index in [9.17, 15) is 4.79 Å². The number of allylic oxidation sites excluding steroid dienone is 3. The van der Waals surface area contributed by atoms with Crippen LogP contribution in [0.1, 0.15) is 49.0 Å². The van der Waals surface area contributed by atoms with E-state index in [-0.39, 0.29) is 18.7 Å². The lowest BCUT2D eigenvalue weighted by Crippen LogP contribution is -2.39. The van der Waals surface area contributed by atoms with Gasteiger partial charge in [0.1, 0.15) is 0 Å². The maximum absolute atomic E-state index is 13.5. The largest absolute Gasteiger partial charge is 0.454 e. The number of ether oxygens (including phenoxy) is 2. The minimum Gasteiger partial charge on any atom is -0.454 e. The number of fused-ring (bicyclic) bond motifs is 4. The van der Waals surface area contributed by atoms with Gasteiger partial charge in [0.05, 0.1) is 6.04 Å². The van der Waals surface area contributed by atoms with Gasteiger partial charge in [-0.25, -0.2) is 0 Å². The summed E-state index contributed by atoms with van der Waals surface area (Å²) in [5, 5.41) is 1.24. The highest BCUT2D eigenvalue weighted by molar-refractivity contribution is 5.90. The molecular formula is C28H28N2O3. The zero-order valence-electron chi connectivity index (χ0n) is 18.8. The SMILES string of the molecule is CC1=CCC(C=CC(=O)N2CCc3c([nH]c4ccccc34)C2c2ccc3c(c2)OCO3)CC1. The smallest absolute Gasteiger partial charge is 0.247 e. The summed E-state index contributed by atoms with van der Waals surface area (Å²) in [6, 6.07) is 14.2. The minimum atomic E-state index is -0.193. The molecule has 2 atom stereocenters. The minimum absolute atomic E-state index is 0.0632. The predicted octanol–water partition coefficient (Wildman–Crippen LogP) is 5.67. The highest BCUT2D eigenvalue weighted by atomic mass is 16.7. The number of nitrogens with zero attached hydrogens (tertiary/aromatic N) is 1. The van der Waals surface area contributed by atoms with Crippen molar-refractivity contribution in [2.24, 2.45) is 5.92 Å². The summed E-state index contributed by atoms with van der Waals surface area (Å²) < 4.78 is 11.2. The van der Waals surface area contributed by atoms with Gasteiger partial charge in [-0.2, -0.15) is 0 Å². The van der Waals surface area contributed by atoms with Gasteiger partial charge < -0.3 is 19.4 Å². The fourth-order valence-corrected chi connectivity index (χ4v) is 5.38. The van der Waals surface area contributed by atoms with E-state index in [0.29, 0.717) is 12.5 Å². The van der Waals surface area contributed by atoms with E-state index >= 15 is 0 Å². The summed E-state index contributed by atoms with van der Waals surface area (Å²) in [7, 11) is 0. The quantitative estimate of drug-likeness (QED) is 0.422. The van der Waals surface area contributed by atoms with Crippen LogP contribution in [0.5, 0.6) is 11.5 Å². The fraction of sp³-hybridized carbons (Fsp3) is 0.321. The average Bonchev–Trinajstić information content (AvgIpc) is 3.46. The van der Waals surface area contributed by atoms with Crippen molar-refractivity contribution in [1.82, 2.24) is 9.88 Å². The van der Waals surface area contributed by atoms with Gasteiger partial charge in [0, 0.05) is 23.1 Å². The predicted molar refractivity (Wildman–Crippen MR) is 128 cm³/mol. The zero-order valence-corrected chi connectivity index (χ0v) is 18.8. The first kappa shape index (κ1) is 20.2. The molecule has 2 unspecified atom stereocenters. The lowest BCUT2D eigenvalue weighted by atomic mass is 9.89. The topological polar surface area (TPSA) is 54.6 Å². The Bertz CT molecular complexity index is 1290. The van der Waals surface area contributed by atoms with Gasteiger partial charge in [0.15, 0.2) is 11.5 Å². The van der Waals surface area contributed by atoms with Crippen molar-refractivity contribution in [2.45, 2.75) is 38.6 Å². The number of carbonyl (C=O) groups excluding carboxylic acids is 1. The lowest BCUT2D eigenvalue weighted by Gasteiger charge is -2.36. The summed E-state index contributed by atoms with van der Waals surface area (Å²) in [4.78, 5) is 19.1. The maximum Gasteiger partial charge on any atom is 0.247 e. The van der Waals surface area contributed by atoms with E-state index in [0.717, 1.165) is 54.0 Å². The van der Waals surface area contributed by atoms with Gasteiger partial charge in [-0.3, -0.25) is 4.79 Å². The third-order valence-corrected chi connectivity index (χ3v) is 7.22. The van der Waals surface area contributed by atoms with Gasteiger partial charge in [-0.15, -0.1) is 0 Å². The number of hydrogen-bond acceptors (Lipinski definition) is 3. The summed E-state index contributed by atoms with van der Waals surface area (Å²) in [5.74, 6) is 2.00. The number of carbonyl (C=O) groups is 1. The first-order chi connectivity index (χ1) is 16.2. The molecule has 0 saturated carbocycles. The number of nitrogens with one attached hydrogen (secondary N) is 1. The number of para-hydroxylation sites is 1. The molecule has 1 amide bonds. The Balaban J connectivity index is 1.38. The Hall–Kier alpha value is -3.47. The first-order valence-electron chi connectivity index (χ1n) is 11.8.